The first-order valence-corrected chi connectivity index (χ1v) is 9.46. The Morgan fingerprint density at radius 3 is 2.57 bits per heavy atom. The van der Waals surface area contributed by atoms with E-state index in [2.05, 4.69) is 22.2 Å². The van der Waals surface area contributed by atoms with Crippen LogP contribution in [0.15, 0.2) is 65.3 Å². The molecule has 4 aromatic rings. The minimum Gasteiger partial charge on any atom is -0.493 e. The average molecular weight is 404 g/mol. The average Bonchev–Trinajstić information content (AvgIpc) is 3.45. The van der Waals surface area contributed by atoms with Crippen LogP contribution in [0.5, 0.6) is 5.75 Å². The van der Waals surface area contributed by atoms with Crippen molar-refractivity contribution in [3.63, 3.8) is 0 Å². The highest BCUT2D eigenvalue weighted by Crippen LogP contribution is 2.21. The van der Waals surface area contributed by atoms with Crippen LogP contribution in [0.25, 0.3) is 17.1 Å². The number of esters is 1. The van der Waals surface area contributed by atoms with Crippen LogP contribution in [-0.4, -0.2) is 33.0 Å². The Morgan fingerprint density at radius 2 is 1.87 bits per heavy atom. The van der Waals surface area contributed by atoms with Gasteiger partial charge < -0.3 is 14.0 Å². The van der Waals surface area contributed by atoms with Crippen LogP contribution >= 0.6 is 0 Å². The van der Waals surface area contributed by atoms with Crippen molar-refractivity contribution in [1.82, 2.24) is 19.9 Å². The molecule has 0 aliphatic heterocycles. The van der Waals surface area contributed by atoms with E-state index in [-0.39, 0.29) is 18.2 Å². The summed E-state index contributed by atoms with van der Waals surface area (Å²) in [7, 11) is 1.47. The zero-order valence-corrected chi connectivity index (χ0v) is 16.6. The number of aromatic nitrogens is 4. The van der Waals surface area contributed by atoms with Crippen molar-refractivity contribution in [2.75, 3.05) is 7.11 Å². The van der Waals surface area contributed by atoms with Gasteiger partial charge in [0.15, 0.2) is 12.4 Å². The summed E-state index contributed by atoms with van der Waals surface area (Å²) in [4.78, 5) is 16.8. The molecule has 152 valence electrons. The number of carbonyl (C=O) groups excluding carboxylic acids is 1. The van der Waals surface area contributed by atoms with Crippen molar-refractivity contribution in [3.8, 4) is 22.8 Å². The van der Waals surface area contributed by atoms with Crippen molar-refractivity contribution in [2.24, 2.45) is 0 Å². The fourth-order valence-electron chi connectivity index (χ4n) is 2.88. The molecule has 0 atom stereocenters. The van der Waals surface area contributed by atoms with E-state index in [9.17, 15) is 4.79 Å². The van der Waals surface area contributed by atoms with Gasteiger partial charge in [0.1, 0.15) is 0 Å². The molecule has 0 saturated heterocycles. The highest BCUT2D eigenvalue weighted by atomic mass is 16.6. The second-order valence-electron chi connectivity index (χ2n) is 6.46. The van der Waals surface area contributed by atoms with Crippen molar-refractivity contribution in [1.29, 1.82) is 0 Å². The third kappa shape index (κ3) is 4.07. The third-order valence-electron chi connectivity index (χ3n) is 4.53. The third-order valence-corrected chi connectivity index (χ3v) is 4.53. The number of benzene rings is 2. The number of hydrogen-bond donors (Lipinski definition) is 0. The van der Waals surface area contributed by atoms with Gasteiger partial charge in [0.2, 0.25) is 11.5 Å². The lowest BCUT2D eigenvalue weighted by Gasteiger charge is -2.01. The Morgan fingerprint density at radius 1 is 1.10 bits per heavy atom. The molecule has 2 aromatic carbocycles. The number of methoxy groups -OCH3 is 1. The number of aryl methyl sites for hydroxylation is 1. The molecule has 0 spiro atoms. The Hall–Kier alpha value is -3.94. The first-order valence-electron chi connectivity index (χ1n) is 9.46. The number of para-hydroxylation sites is 1. The summed E-state index contributed by atoms with van der Waals surface area (Å²) in [6.07, 6.45) is 2.58. The molecular formula is C22H20N4O4. The van der Waals surface area contributed by atoms with E-state index in [0.717, 1.165) is 17.7 Å². The molecule has 4 rings (SSSR count). The Bertz CT molecular complexity index is 1130. The standard InChI is InChI=1S/C22H20N4O4/c1-3-15-9-11-16(12-10-15)21-23-19(30-25-21)14-29-22(27)20-18(28-2)13-26(24-20)17-7-5-4-6-8-17/h4-13H,3,14H2,1-2H3. The molecule has 0 aliphatic carbocycles. The predicted octanol–water partition coefficient (Wildman–Crippen LogP) is 3.85. The Kier molecular flexibility index (Phi) is 5.56. The van der Waals surface area contributed by atoms with Crippen LogP contribution in [0.3, 0.4) is 0 Å². The molecule has 0 unspecified atom stereocenters. The SMILES string of the molecule is CCc1ccc(-c2noc(COC(=O)c3nn(-c4ccccc4)cc3OC)n2)cc1. The molecule has 8 nitrogen and oxygen atoms in total. The summed E-state index contributed by atoms with van der Waals surface area (Å²) in [5.41, 5.74) is 2.92. The van der Waals surface area contributed by atoms with E-state index in [1.54, 1.807) is 10.9 Å². The van der Waals surface area contributed by atoms with E-state index in [1.165, 1.54) is 12.7 Å². The van der Waals surface area contributed by atoms with Crippen LogP contribution in [-0.2, 0) is 17.8 Å². The summed E-state index contributed by atoms with van der Waals surface area (Å²) in [6.45, 7) is 1.92. The molecule has 2 aromatic heterocycles. The largest absolute Gasteiger partial charge is 0.493 e. The van der Waals surface area contributed by atoms with Gasteiger partial charge >= 0.3 is 5.97 Å². The van der Waals surface area contributed by atoms with Gasteiger partial charge in [-0.15, -0.1) is 0 Å². The maximum Gasteiger partial charge on any atom is 0.363 e. The zero-order chi connectivity index (χ0) is 20.9. The first kappa shape index (κ1) is 19.4. The molecule has 0 fully saturated rings. The number of nitrogens with zero attached hydrogens (tertiary/aromatic N) is 4. The zero-order valence-electron chi connectivity index (χ0n) is 16.6. The van der Waals surface area contributed by atoms with Crippen LogP contribution in [0.4, 0.5) is 0 Å². The first-order chi connectivity index (χ1) is 14.7. The van der Waals surface area contributed by atoms with Crippen LogP contribution in [0.1, 0.15) is 28.9 Å². The van der Waals surface area contributed by atoms with Crippen molar-refractivity contribution in [2.45, 2.75) is 20.0 Å². The summed E-state index contributed by atoms with van der Waals surface area (Å²) in [5.74, 6) is 0.300. The maximum absolute atomic E-state index is 12.5. The lowest BCUT2D eigenvalue weighted by atomic mass is 10.1. The fraction of sp³-hybridized carbons (Fsp3) is 0.182. The van der Waals surface area contributed by atoms with E-state index in [4.69, 9.17) is 14.0 Å². The van der Waals surface area contributed by atoms with Gasteiger partial charge in [-0.1, -0.05) is 54.5 Å². The quantitative estimate of drug-likeness (QED) is 0.432. The number of carbonyl (C=O) groups is 1. The highest BCUT2D eigenvalue weighted by molar-refractivity contribution is 5.90. The minimum absolute atomic E-state index is 0.0660. The van der Waals surface area contributed by atoms with Gasteiger partial charge in [0.05, 0.1) is 19.0 Å². The van der Waals surface area contributed by atoms with E-state index < -0.39 is 5.97 Å². The van der Waals surface area contributed by atoms with Gasteiger partial charge in [0, 0.05) is 5.56 Å². The number of hydrogen-bond acceptors (Lipinski definition) is 7. The van der Waals surface area contributed by atoms with Gasteiger partial charge in [-0.2, -0.15) is 10.1 Å². The van der Waals surface area contributed by atoms with E-state index in [0.29, 0.717) is 11.6 Å². The summed E-state index contributed by atoms with van der Waals surface area (Å²) >= 11 is 0. The second kappa shape index (κ2) is 8.60. The highest BCUT2D eigenvalue weighted by Gasteiger charge is 2.21. The lowest BCUT2D eigenvalue weighted by molar-refractivity contribution is 0.0419. The Labute approximate surface area is 173 Å². The molecule has 0 bridgehead atoms. The molecule has 0 N–H and O–H groups in total. The van der Waals surface area contributed by atoms with Crippen molar-refractivity contribution < 1.29 is 18.8 Å². The summed E-state index contributed by atoms with van der Waals surface area (Å²) in [6, 6.07) is 17.3. The molecule has 0 amide bonds. The predicted molar refractivity (Wildman–Crippen MR) is 108 cm³/mol. The topological polar surface area (TPSA) is 92.3 Å². The molecule has 0 saturated carbocycles. The molecule has 30 heavy (non-hydrogen) atoms. The van der Waals surface area contributed by atoms with Crippen molar-refractivity contribution >= 4 is 5.97 Å². The molecule has 0 radical (unpaired) electrons. The van der Waals surface area contributed by atoms with Crippen molar-refractivity contribution in [3.05, 3.63) is 77.9 Å². The fourth-order valence-corrected chi connectivity index (χ4v) is 2.88. The van der Waals surface area contributed by atoms with Gasteiger partial charge in [-0.05, 0) is 24.1 Å². The van der Waals surface area contributed by atoms with Gasteiger partial charge in [-0.25, -0.2) is 9.48 Å². The molecule has 2 heterocycles. The van der Waals surface area contributed by atoms with Crippen LogP contribution in [0.2, 0.25) is 0 Å². The number of ether oxygens (including phenoxy) is 2. The van der Waals surface area contributed by atoms with E-state index >= 15 is 0 Å². The lowest BCUT2D eigenvalue weighted by Crippen LogP contribution is -2.08. The van der Waals surface area contributed by atoms with Gasteiger partial charge in [-0.3, -0.25) is 0 Å². The Balaban J connectivity index is 1.45. The molecule has 8 heteroatoms. The normalized spacial score (nSPS) is 10.7. The second-order valence-corrected chi connectivity index (χ2v) is 6.46. The summed E-state index contributed by atoms with van der Waals surface area (Å²) in [5, 5.41) is 8.23. The smallest absolute Gasteiger partial charge is 0.363 e. The minimum atomic E-state index is -0.645. The van der Waals surface area contributed by atoms with Crippen LogP contribution < -0.4 is 4.74 Å². The van der Waals surface area contributed by atoms with E-state index in [1.807, 2.05) is 54.6 Å². The monoisotopic (exact) mass is 404 g/mol. The van der Waals surface area contributed by atoms with Gasteiger partial charge in [0.25, 0.3) is 5.89 Å². The molecule has 0 aliphatic rings. The molecular weight excluding hydrogens is 384 g/mol. The van der Waals surface area contributed by atoms with Crippen LogP contribution in [0, 0.1) is 0 Å². The maximum atomic E-state index is 12.5. The summed E-state index contributed by atoms with van der Waals surface area (Å²) < 4.78 is 17.3. The number of rotatable bonds is 7.